The van der Waals surface area contributed by atoms with Crippen LogP contribution in [0.1, 0.15) is 38.4 Å². The Labute approximate surface area is 191 Å². The highest BCUT2D eigenvalue weighted by Gasteiger charge is 2.16. The van der Waals surface area contributed by atoms with E-state index in [2.05, 4.69) is 5.32 Å². The van der Waals surface area contributed by atoms with Gasteiger partial charge in [-0.05, 0) is 86.9 Å². The number of carbonyl (C=O) groups is 2. The molecule has 3 rings (SSSR count). The number of anilines is 1. The van der Waals surface area contributed by atoms with Crippen LogP contribution < -0.4 is 5.32 Å². The van der Waals surface area contributed by atoms with Crippen molar-refractivity contribution in [3.63, 3.8) is 0 Å². The topological polar surface area (TPSA) is 95.1 Å². The molecule has 0 saturated carbocycles. The monoisotopic (exact) mass is 447 g/mol. The second-order valence-electron chi connectivity index (χ2n) is 7.56. The average Bonchev–Trinajstić information content (AvgIpc) is 3.01. The molecule has 0 radical (unpaired) electrons. The van der Waals surface area contributed by atoms with Gasteiger partial charge in [-0.15, -0.1) is 0 Å². The van der Waals surface area contributed by atoms with Crippen molar-refractivity contribution in [2.75, 3.05) is 5.32 Å². The maximum atomic E-state index is 12.7. The van der Waals surface area contributed by atoms with E-state index in [0.717, 1.165) is 33.8 Å². The Morgan fingerprint density at radius 3 is 2.38 bits per heavy atom. The summed E-state index contributed by atoms with van der Waals surface area (Å²) in [5, 5.41) is 22.0. The Morgan fingerprint density at radius 1 is 1.06 bits per heavy atom. The largest absolute Gasteiger partial charge is 0.478 e. The molecular weight excluding hydrogens is 426 g/mol. The van der Waals surface area contributed by atoms with Crippen molar-refractivity contribution < 1.29 is 14.7 Å². The van der Waals surface area contributed by atoms with Crippen LogP contribution in [0.5, 0.6) is 0 Å². The fraction of sp³-hybridized carbons (Fsp3) is 0.160. The van der Waals surface area contributed by atoms with Crippen molar-refractivity contribution in [1.82, 2.24) is 4.57 Å². The van der Waals surface area contributed by atoms with Crippen LogP contribution in [0, 0.1) is 39.0 Å². The molecule has 32 heavy (non-hydrogen) atoms. The molecule has 3 aromatic rings. The fourth-order valence-electron chi connectivity index (χ4n) is 3.52. The maximum Gasteiger partial charge on any atom is 0.335 e. The number of nitrogens with one attached hydrogen (secondary N) is 1. The third-order valence-electron chi connectivity index (χ3n) is 5.25. The molecule has 2 aromatic carbocycles. The van der Waals surface area contributed by atoms with Crippen LogP contribution >= 0.6 is 11.6 Å². The Kier molecular flexibility index (Phi) is 6.52. The van der Waals surface area contributed by atoms with Gasteiger partial charge in [-0.2, -0.15) is 5.26 Å². The van der Waals surface area contributed by atoms with E-state index in [4.69, 9.17) is 11.6 Å². The quantitative estimate of drug-likeness (QED) is 0.392. The molecule has 0 aliphatic heterocycles. The zero-order chi connectivity index (χ0) is 23.6. The molecule has 0 bridgehead atoms. The van der Waals surface area contributed by atoms with Crippen LogP contribution in [0.15, 0.2) is 48.0 Å². The number of aromatic carboxylic acids is 1. The standard InChI is InChI=1S/C25H22ClN3O3/c1-14-5-7-21(12-22(14)26)28-24(30)20(13-27)11-19-10-16(3)29(17(19)4)23-8-6-18(25(31)32)9-15(23)2/h5-12H,1-4H3,(H,28,30)(H,31,32)/b20-11-. The lowest BCUT2D eigenvalue weighted by atomic mass is 10.1. The van der Waals surface area contributed by atoms with Crippen molar-refractivity contribution in [2.24, 2.45) is 0 Å². The van der Waals surface area contributed by atoms with E-state index in [0.29, 0.717) is 10.7 Å². The predicted molar refractivity (Wildman–Crippen MR) is 125 cm³/mol. The van der Waals surface area contributed by atoms with Crippen molar-refractivity contribution >= 4 is 35.2 Å². The first-order valence-corrected chi connectivity index (χ1v) is 10.2. The highest BCUT2D eigenvalue weighted by molar-refractivity contribution is 6.31. The summed E-state index contributed by atoms with van der Waals surface area (Å²) < 4.78 is 1.97. The second-order valence-corrected chi connectivity index (χ2v) is 7.96. The van der Waals surface area contributed by atoms with Gasteiger partial charge in [0.25, 0.3) is 5.91 Å². The number of halogens is 1. The summed E-state index contributed by atoms with van der Waals surface area (Å²) in [4.78, 5) is 23.9. The SMILES string of the molecule is Cc1ccc(NC(=O)/C(C#N)=C\c2cc(C)n(-c3ccc(C(=O)O)cc3C)c2C)cc1Cl. The van der Waals surface area contributed by atoms with E-state index in [1.54, 1.807) is 42.5 Å². The summed E-state index contributed by atoms with van der Waals surface area (Å²) >= 11 is 6.11. The van der Waals surface area contributed by atoms with Gasteiger partial charge in [0.05, 0.1) is 5.56 Å². The summed E-state index contributed by atoms with van der Waals surface area (Å²) in [6, 6.07) is 13.9. The normalized spacial score (nSPS) is 11.2. The number of aryl methyl sites for hydroxylation is 3. The number of nitriles is 1. The molecular formula is C25H22ClN3O3. The summed E-state index contributed by atoms with van der Waals surface area (Å²) in [6.07, 6.45) is 1.55. The van der Waals surface area contributed by atoms with Gasteiger partial charge in [0.2, 0.25) is 0 Å². The Balaban J connectivity index is 1.96. The van der Waals surface area contributed by atoms with Gasteiger partial charge in [-0.1, -0.05) is 17.7 Å². The number of nitrogens with zero attached hydrogens (tertiary/aromatic N) is 2. The van der Waals surface area contributed by atoms with Crippen LogP contribution in [0.2, 0.25) is 5.02 Å². The Morgan fingerprint density at radius 2 is 1.78 bits per heavy atom. The molecule has 162 valence electrons. The number of rotatable bonds is 5. The summed E-state index contributed by atoms with van der Waals surface area (Å²) in [6.45, 7) is 7.50. The van der Waals surface area contributed by atoms with Gasteiger partial charge in [0, 0.05) is 27.8 Å². The lowest BCUT2D eigenvalue weighted by Gasteiger charge is -2.13. The average molecular weight is 448 g/mol. The first kappa shape index (κ1) is 22.9. The molecule has 1 aromatic heterocycles. The smallest absolute Gasteiger partial charge is 0.335 e. The van der Waals surface area contributed by atoms with Crippen LogP contribution in [0.4, 0.5) is 5.69 Å². The first-order chi connectivity index (χ1) is 15.1. The van der Waals surface area contributed by atoms with Gasteiger partial charge < -0.3 is 15.0 Å². The number of carbonyl (C=O) groups excluding carboxylic acids is 1. The lowest BCUT2D eigenvalue weighted by Crippen LogP contribution is -2.13. The van der Waals surface area contributed by atoms with Gasteiger partial charge in [0.15, 0.2) is 0 Å². The molecule has 7 heteroatoms. The molecule has 1 amide bonds. The molecule has 1 heterocycles. The van der Waals surface area contributed by atoms with Crippen molar-refractivity contribution in [3.05, 3.63) is 86.7 Å². The molecule has 0 saturated heterocycles. The van der Waals surface area contributed by atoms with Crippen LogP contribution in [0.3, 0.4) is 0 Å². The zero-order valence-corrected chi connectivity index (χ0v) is 18.9. The summed E-state index contributed by atoms with van der Waals surface area (Å²) in [5.74, 6) is -1.51. The predicted octanol–water partition coefficient (Wildman–Crippen LogP) is 5.61. The summed E-state index contributed by atoms with van der Waals surface area (Å²) in [7, 11) is 0. The number of benzene rings is 2. The van der Waals surface area contributed by atoms with E-state index >= 15 is 0 Å². The third-order valence-corrected chi connectivity index (χ3v) is 5.66. The van der Waals surface area contributed by atoms with Crippen molar-refractivity contribution in [1.29, 1.82) is 5.26 Å². The minimum atomic E-state index is -0.983. The minimum absolute atomic E-state index is 0.0418. The van der Waals surface area contributed by atoms with E-state index < -0.39 is 11.9 Å². The molecule has 0 fully saturated rings. The molecule has 0 aliphatic rings. The maximum absolute atomic E-state index is 12.7. The van der Waals surface area contributed by atoms with E-state index in [9.17, 15) is 20.0 Å². The molecule has 0 unspecified atom stereocenters. The van der Waals surface area contributed by atoms with Crippen LogP contribution in [-0.2, 0) is 4.79 Å². The van der Waals surface area contributed by atoms with Gasteiger partial charge in [-0.3, -0.25) is 4.79 Å². The molecule has 0 atom stereocenters. The Hall–Kier alpha value is -3.82. The highest BCUT2D eigenvalue weighted by Crippen LogP contribution is 2.26. The van der Waals surface area contributed by atoms with Gasteiger partial charge in [0.1, 0.15) is 11.6 Å². The van der Waals surface area contributed by atoms with Crippen molar-refractivity contribution in [2.45, 2.75) is 27.7 Å². The lowest BCUT2D eigenvalue weighted by molar-refractivity contribution is -0.112. The van der Waals surface area contributed by atoms with Gasteiger partial charge in [-0.25, -0.2) is 4.79 Å². The van der Waals surface area contributed by atoms with E-state index in [1.165, 1.54) is 0 Å². The molecule has 6 nitrogen and oxygen atoms in total. The van der Waals surface area contributed by atoms with Crippen molar-refractivity contribution in [3.8, 4) is 11.8 Å². The number of amides is 1. The summed E-state index contributed by atoms with van der Waals surface area (Å²) in [5.41, 5.74) is 5.65. The molecule has 0 aliphatic carbocycles. The Bertz CT molecular complexity index is 1310. The van der Waals surface area contributed by atoms with E-state index in [1.807, 2.05) is 44.4 Å². The van der Waals surface area contributed by atoms with Crippen LogP contribution in [0.25, 0.3) is 11.8 Å². The number of carboxylic acid groups (broad SMARTS) is 1. The number of aromatic nitrogens is 1. The minimum Gasteiger partial charge on any atom is -0.478 e. The third kappa shape index (κ3) is 4.58. The molecule has 0 spiro atoms. The first-order valence-electron chi connectivity index (χ1n) is 9.85. The highest BCUT2D eigenvalue weighted by atomic mass is 35.5. The number of carboxylic acids is 1. The van der Waals surface area contributed by atoms with Gasteiger partial charge >= 0.3 is 5.97 Å². The number of hydrogen-bond acceptors (Lipinski definition) is 3. The fourth-order valence-corrected chi connectivity index (χ4v) is 3.70. The molecule has 2 N–H and O–H groups in total. The second kappa shape index (κ2) is 9.13. The zero-order valence-electron chi connectivity index (χ0n) is 18.2. The number of hydrogen-bond donors (Lipinski definition) is 2. The van der Waals surface area contributed by atoms with Crippen LogP contribution in [-0.4, -0.2) is 21.6 Å². The van der Waals surface area contributed by atoms with E-state index in [-0.39, 0.29) is 11.1 Å².